The molecule has 2 aliphatic rings. The summed E-state index contributed by atoms with van der Waals surface area (Å²) in [5.74, 6) is 1.38. The van der Waals surface area contributed by atoms with E-state index in [1.807, 2.05) is 24.3 Å². The summed E-state index contributed by atoms with van der Waals surface area (Å²) in [6.45, 7) is 2.80. The van der Waals surface area contributed by atoms with Gasteiger partial charge in [-0.2, -0.15) is 11.8 Å². The van der Waals surface area contributed by atoms with Crippen molar-refractivity contribution in [2.45, 2.75) is 49.5 Å². The Morgan fingerprint density at radius 2 is 2.05 bits per heavy atom. The Morgan fingerprint density at radius 3 is 2.75 bits per heavy atom. The molecule has 2 bridgehead atoms. The summed E-state index contributed by atoms with van der Waals surface area (Å²) in [4.78, 5) is 12.7. The van der Waals surface area contributed by atoms with Crippen LogP contribution in [0.4, 0.5) is 0 Å². The fourth-order valence-electron chi connectivity index (χ4n) is 3.27. The third-order valence-electron chi connectivity index (χ3n) is 4.25. The van der Waals surface area contributed by atoms with Gasteiger partial charge in [0, 0.05) is 22.0 Å². The molecule has 2 aliphatic heterocycles. The van der Waals surface area contributed by atoms with Crippen molar-refractivity contribution in [3.05, 3.63) is 29.8 Å². The van der Waals surface area contributed by atoms with Crippen molar-refractivity contribution in [2.75, 3.05) is 6.61 Å². The van der Waals surface area contributed by atoms with Crippen molar-refractivity contribution in [3.8, 4) is 5.75 Å². The van der Waals surface area contributed by atoms with Crippen molar-refractivity contribution >= 4 is 17.5 Å². The van der Waals surface area contributed by atoms with Gasteiger partial charge in [0.15, 0.2) is 5.78 Å². The minimum Gasteiger partial charge on any atom is -0.494 e. The minimum atomic E-state index is 0.232. The van der Waals surface area contributed by atoms with Crippen molar-refractivity contribution in [1.82, 2.24) is 0 Å². The Morgan fingerprint density at radius 1 is 1.30 bits per heavy atom. The van der Waals surface area contributed by atoms with E-state index >= 15 is 0 Å². The summed E-state index contributed by atoms with van der Waals surface area (Å²) in [5, 5.41) is 1.45. The fraction of sp³-hybridized carbons (Fsp3) is 0.588. The topological polar surface area (TPSA) is 26.3 Å². The highest BCUT2D eigenvalue weighted by atomic mass is 32.2. The summed E-state index contributed by atoms with van der Waals surface area (Å²) in [6.07, 6.45) is 5.74. The number of hydrogen-bond acceptors (Lipinski definition) is 3. The van der Waals surface area contributed by atoms with E-state index in [1.165, 1.54) is 12.8 Å². The van der Waals surface area contributed by atoms with Crippen molar-refractivity contribution in [1.29, 1.82) is 0 Å². The molecule has 2 atom stereocenters. The Bertz CT molecular complexity index is 474. The van der Waals surface area contributed by atoms with Crippen molar-refractivity contribution < 1.29 is 9.53 Å². The van der Waals surface area contributed by atoms with Crippen molar-refractivity contribution in [3.63, 3.8) is 0 Å². The molecule has 1 aromatic rings. The number of carbonyl (C=O) groups is 1. The molecular formula is C17H22O2S. The lowest BCUT2D eigenvalue weighted by atomic mass is 9.90. The maximum absolute atomic E-state index is 12.7. The molecule has 0 radical (unpaired) electrons. The number of rotatable bonds is 5. The molecule has 0 aromatic heterocycles. The summed E-state index contributed by atoms with van der Waals surface area (Å²) in [5.41, 5.74) is 0.829. The van der Waals surface area contributed by atoms with Crippen LogP contribution in [0.5, 0.6) is 5.75 Å². The second-order valence-corrected chi connectivity index (χ2v) is 7.47. The SMILES string of the molecule is CCCOc1cccc(C(=O)C2CC3CCC(C2)S3)c1. The lowest BCUT2D eigenvalue weighted by molar-refractivity contribution is 0.0906. The van der Waals surface area contributed by atoms with Gasteiger partial charge in [0.25, 0.3) is 0 Å². The average molecular weight is 290 g/mol. The molecule has 3 rings (SSSR count). The predicted octanol–water partition coefficient (Wildman–Crippen LogP) is 4.33. The summed E-state index contributed by atoms with van der Waals surface area (Å²) < 4.78 is 5.63. The van der Waals surface area contributed by atoms with Gasteiger partial charge in [-0.1, -0.05) is 19.1 Å². The summed E-state index contributed by atoms with van der Waals surface area (Å²) in [6, 6.07) is 7.73. The number of fused-ring (bicyclic) bond motifs is 2. The van der Waals surface area contributed by atoms with Crippen LogP contribution in [0.2, 0.25) is 0 Å². The van der Waals surface area contributed by atoms with Gasteiger partial charge in [0.1, 0.15) is 5.75 Å². The minimum absolute atomic E-state index is 0.232. The van der Waals surface area contributed by atoms with Crippen LogP contribution in [0.3, 0.4) is 0 Å². The van der Waals surface area contributed by atoms with Crippen LogP contribution in [0.25, 0.3) is 0 Å². The fourth-order valence-corrected chi connectivity index (χ4v) is 5.04. The van der Waals surface area contributed by atoms with Gasteiger partial charge in [-0.15, -0.1) is 0 Å². The highest BCUT2D eigenvalue weighted by molar-refractivity contribution is 8.00. The first-order valence-corrected chi connectivity index (χ1v) is 8.63. The molecule has 0 aliphatic carbocycles. The molecule has 0 N–H and O–H groups in total. The lowest BCUT2D eigenvalue weighted by Gasteiger charge is -2.26. The molecular weight excluding hydrogens is 268 g/mol. The predicted molar refractivity (Wildman–Crippen MR) is 83.7 cm³/mol. The smallest absolute Gasteiger partial charge is 0.166 e. The normalized spacial score (nSPS) is 28.4. The van der Waals surface area contributed by atoms with E-state index in [9.17, 15) is 4.79 Å². The molecule has 2 nitrogen and oxygen atoms in total. The van der Waals surface area contributed by atoms with Crippen LogP contribution < -0.4 is 4.74 Å². The van der Waals surface area contributed by atoms with Gasteiger partial charge in [0.2, 0.25) is 0 Å². The standard InChI is InChI=1S/C17H22O2S/c1-2-8-19-14-5-3-4-12(9-14)17(18)13-10-15-6-7-16(11-13)20-15/h3-5,9,13,15-16H,2,6-8,10-11H2,1H3. The quantitative estimate of drug-likeness (QED) is 0.755. The van der Waals surface area contributed by atoms with E-state index in [4.69, 9.17) is 4.74 Å². The number of benzene rings is 1. The Balaban J connectivity index is 1.70. The number of ketones is 1. The van der Waals surface area contributed by atoms with Gasteiger partial charge in [-0.05, 0) is 44.2 Å². The maximum Gasteiger partial charge on any atom is 0.166 e. The van der Waals surface area contributed by atoms with E-state index in [0.29, 0.717) is 12.4 Å². The van der Waals surface area contributed by atoms with Gasteiger partial charge in [-0.25, -0.2) is 0 Å². The number of thioether (sulfide) groups is 1. The van der Waals surface area contributed by atoms with Crippen molar-refractivity contribution in [2.24, 2.45) is 5.92 Å². The molecule has 2 unspecified atom stereocenters. The van der Waals surface area contributed by atoms with Crippen LogP contribution in [-0.4, -0.2) is 22.9 Å². The third-order valence-corrected chi connectivity index (χ3v) is 5.88. The number of ether oxygens (including phenoxy) is 1. The van der Waals surface area contributed by atoms with Gasteiger partial charge in [0.05, 0.1) is 6.61 Å². The number of Topliss-reactive ketones (excluding diaryl/α,β-unsaturated/α-hetero) is 1. The van der Waals surface area contributed by atoms with E-state index in [0.717, 1.165) is 41.1 Å². The third kappa shape index (κ3) is 3.03. The van der Waals surface area contributed by atoms with E-state index < -0.39 is 0 Å². The molecule has 3 heteroatoms. The molecule has 2 saturated heterocycles. The number of hydrogen-bond donors (Lipinski definition) is 0. The van der Waals surface area contributed by atoms with E-state index in [-0.39, 0.29) is 5.92 Å². The van der Waals surface area contributed by atoms with E-state index in [1.54, 1.807) is 0 Å². The number of carbonyl (C=O) groups excluding carboxylic acids is 1. The van der Waals surface area contributed by atoms with Gasteiger partial charge < -0.3 is 4.74 Å². The summed E-state index contributed by atoms with van der Waals surface area (Å²) >= 11 is 2.11. The molecule has 20 heavy (non-hydrogen) atoms. The van der Waals surface area contributed by atoms with Gasteiger partial charge >= 0.3 is 0 Å². The Kier molecular flexibility index (Phi) is 4.35. The molecule has 0 spiro atoms. The monoisotopic (exact) mass is 290 g/mol. The first-order chi connectivity index (χ1) is 9.76. The zero-order chi connectivity index (χ0) is 13.9. The Hall–Kier alpha value is -0.960. The first-order valence-electron chi connectivity index (χ1n) is 7.68. The van der Waals surface area contributed by atoms with Crippen LogP contribution in [0.1, 0.15) is 49.4 Å². The molecule has 2 heterocycles. The second kappa shape index (κ2) is 6.21. The van der Waals surface area contributed by atoms with E-state index in [2.05, 4.69) is 18.7 Å². The zero-order valence-corrected chi connectivity index (χ0v) is 12.8. The first kappa shape index (κ1) is 14.0. The average Bonchev–Trinajstić information content (AvgIpc) is 2.83. The van der Waals surface area contributed by atoms with Crippen LogP contribution in [-0.2, 0) is 0 Å². The lowest BCUT2D eigenvalue weighted by Crippen LogP contribution is -2.24. The van der Waals surface area contributed by atoms with Gasteiger partial charge in [-0.3, -0.25) is 4.79 Å². The van der Waals surface area contributed by atoms with Crippen LogP contribution in [0, 0.1) is 5.92 Å². The molecule has 1 aromatic carbocycles. The largest absolute Gasteiger partial charge is 0.494 e. The summed E-state index contributed by atoms with van der Waals surface area (Å²) in [7, 11) is 0. The zero-order valence-electron chi connectivity index (χ0n) is 12.0. The molecule has 2 fully saturated rings. The Labute approximate surface area is 125 Å². The molecule has 108 valence electrons. The molecule has 0 saturated carbocycles. The maximum atomic E-state index is 12.7. The van der Waals surface area contributed by atoms with Crippen LogP contribution >= 0.6 is 11.8 Å². The van der Waals surface area contributed by atoms with Crippen LogP contribution in [0.15, 0.2) is 24.3 Å². The second-order valence-electron chi connectivity index (χ2n) is 5.87. The highest BCUT2D eigenvalue weighted by Gasteiger charge is 2.37. The highest BCUT2D eigenvalue weighted by Crippen LogP contribution is 2.46. The molecule has 0 amide bonds.